The fourth-order valence-corrected chi connectivity index (χ4v) is 4.12. The predicted molar refractivity (Wildman–Crippen MR) is 98.5 cm³/mol. The second-order valence-corrected chi connectivity index (χ2v) is 7.45. The first-order valence-corrected chi connectivity index (χ1v) is 9.82. The van der Waals surface area contributed by atoms with E-state index >= 15 is 0 Å². The summed E-state index contributed by atoms with van der Waals surface area (Å²) in [6.45, 7) is 3.72. The summed E-state index contributed by atoms with van der Waals surface area (Å²) in [4.78, 5) is 28.2. The van der Waals surface area contributed by atoms with Crippen LogP contribution in [0.2, 0.25) is 0 Å². The fraction of sp³-hybridized carbons (Fsp3) is 0.556. The van der Waals surface area contributed by atoms with Crippen molar-refractivity contribution in [3.63, 3.8) is 0 Å². The van der Waals surface area contributed by atoms with Gasteiger partial charge in [0.2, 0.25) is 11.8 Å². The van der Waals surface area contributed by atoms with Crippen LogP contribution in [-0.4, -0.2) is 78.6 Å². The van der Waals surface area contributed by atoms with Gasteiger partial charge in [0.1, 0.15) is 0 Å². The quantitative estimate of drug-likeness (QED) is 0.826. The van der Waals surface area contributed by atoms with Crippen molar-refractivity contribution < 1.29 is 14.3 Å². The molecule has 0 radical (unpaired) electrons. The van der Waals surface area contributed by atoms with Crippen LogP contribution in [-0.2, 0) is 14.3 Å². The number of carbonyl (C=O) groups excluding carboxylic acids is 2. The zero-order valence-electron chi connectivity index (χ0n) is 14.3. The number of benzene rings is 1. The number of hydrogen-bond donors (Lipinski definition) is 1. The molecule has 0 bridgehead atoms. The summed E-state index contributed by atoms with van der Waals surface area (Å²) in [5.41, 5.74) is 7.42. The number of hydrogen-bond acceptors (Lipinski definition) is 5. The van der Waals surface area contributed by atoms with Gasteiger partial charge in [0.05, 0.1) is 24.7 Å². The minimum Gasteiger partial charge on any atom is -0.378 e. The maximum atomic E-state index is 12.4. The second kappa shape index (κ2) is 8.69. The molecule has 2 aliphatic rings. The van der Waals surface area contributed by atoms with Crippen LogP contribution in [0.3, 0.4) is 0 Å². The van der Waals surface area contributed by atoms with Crippen molar-refractivity contribution in [1.29, 1.82) is 0 Å². The zero-order valence-corrected chi connectivity index (χ0v) is 15.1. The number of likely N-dealkylation sites (tertiary alicyclic amines) is 1. The number of nitrogens with two attached hydrogens (primary N) is 1. The number of rotatable bonds is 5. The monoisotopic (exact) mass is 363 g/mol. The highest BCUT2D eigenvalue weighted by Gasteiger charge is 2.33. The second-order valence-electron chi connectivity index (χ2n) is 6.47. The highest BCUT2D eigenvalue weighted by atomic mass is 32.2. The van der Waals surface area contributed by atoms with E-state index < -0.39 is 0 Å². The van der Waals surface area contributed by atoms with Gasteiger partial charge >= 0.3 is 0 Å². The van der Waals surface area contributed by atoms with Gasteiger partial charge in [-0.1, -0.05) is 30.3 Å². The molecule has 1 aromatic rings. The van der Waals surface area contributed by atoms with Crippen molar-refractivity contribution in [2.75, 3.05) is 50.9 Å². The summed E-state index contributed by atoms with van der Waals surface area (Å²) in [6, 6.07) is 10.1. The molecule has 2 saturated heterocycles. The first-order valence-electron chi connectivity index (χ1n) is 8.66. The van der Waals surface area contributed by atoms with Crippen molar-refractivity contribution in [1.82, 2.24) is 9.80 Å². The van der Waals surface area contributed by atoms with Gasteiger partial charge in [-0.2, -0.15) is 0 Å². The molecular weight excluding hydrogens is 338 g/mol. The highest BCUT2D eigenvalue weighted by molar-refractivity contribution is 8.00. The van der Waals surface area contributed by atoms with Crippen LogP contribution in [0.15, 0.2) is 30.3 Å². The lowest BCUT2D eigenvalue weighted by molar-refractivity contribution is -0.132. The van der Waals surface area contributed by atoms with E-state index in [9.17, 15) is 9.59 Å². The van der Waals surface area contributed by atoms with Crippen LogP contribution in [0.1, 0.15) is 11.5 Å². The Hall–Kier alpha value is -1.57. The molecule has 2 N–H and O–H groups in total. The Morgan fingerprint density at radius 2 is 1.68 bits per heavy atom. The lowest BCUT2D eigenvalue weighted by Crippen LogP contribution is -2.41. The number of morpholine rings is 1. The number of amides is 2. The Labute approximate surface area is 152 Å². The van der Waals surface area contributed by atoms with Crippen molar-refractivity contribution >= 4 is 23.6 Å². The highest BCUT2D eigenvalue weighted by Crippen LogP contribution is 2.26. The molecule has 2 aliphatic heterocycles. The molecule has 136 valence electrons. The molecule has 1 aromatic carbocycles. The Balaban J connectivity index is 1.43. The molecule has 0 saturated carbocycles. The van der Waals surface area contributed by atoms with Gasteiger partial charge in [0.25, 0.3) is 0 Å². The molecule has 0 spiro atoms. The first kappa shape index (κ1) is 18.2. The van der Waals surface area contributed by atoms with E-state index in [2.05, 4.69) is 12.1 Å². The topological polar surface area (TPSA) is 75.9 Å². The van der Waals surface area contributed by atoms with Crippen LogP contribution >= 0.6 is 11.8 Å². The molecule has 2 fully saturated rings. The molecule has 3 rings (SSSR count). The van der Waals surface area contributed by atoms with Crippen LogP contribution in [0.4, 0.5) is 0 Å². The lowest BCUT2D eigenvalue weighted by Gasteiger charge is -2.26. The number of thioether (sulfide) groups is 1. The van der Waals surface area contributed by atoms with Crippen LogP contribution in [0, 0.1) is 0 Å². The summed E-state index contributed by atoms with van der Waals surface area (Å²) < 4.78 is 5.24. The van der Waals surface area contributed by atoms with Gasteiger partial charge in [0.15, 0.2) is 0 Å². The first-order chi connectivity index (χ1) is 12.1. The number of nitrogens with zero attached hydrogens (tertiary/aromatic N) is 2. The third kappa shape index (κ3) is 4.74. The van der Waals surface area contributed by atoms with E-state index in [-0.39, 0.29) is 23.8 Å². The Morgan fingerprint density at radius 1 is 1.04 bits per heavy atom. The molecule has 7 heteroatoms. The molecule has 2 heterocycles. The molecule has 25 heavy (non-hydrogen) atoms. The van der Waals surface area contributed by atoms with E-state index in [1.54, 1.807) is 4.90 Å². The van der Waals surface area contributed by atoms with E-state index in [0.29, 0.717) is 50.9 Å². The number of carbonyl (C=O) groups is 2. The largest absolute Gasteiger partial charge is 0.378 e. The Kier molecular flexibility index (Phi) is 6.34. The fourth-order valence-electron chi connectivity index (χ4n) is 3.31. The van der Waals surface area contributed by atoms with Gasteiger partial charge in [-0.05, 0) is 5.56 Å². The molecule has 0 unspecified atom stereocenters. The number of ether oxygens (including phenoxy) is 1. The van der Waals surface area contributed by atoms with Crippen LogP contribution in [0.5, 0.6) is 0 Å². The summed E-state index contributed by atoms with van der Waals surface area (Å²) in [6.07, 6.45) is 0. The molecule has 0 aromatic heterocycles. The van der Waals surface area contributed by atoms with Crippen molar-refractivity contribution in [3.05, 3.63) is 35.9 Å². The van der Waals surface area contributed by atoms with E-state index in [1.807, 2.05) is 23.1 Å². The maximum absolute atomic E-state index is 12.4. The van der Waals surface area contributed by atoms with E-state index in [1.165, 1.54) is 17.3 Å². The van der Waals surface area contributed by atoms with Gasteiger partial charge in [0, 0.05) is 38.1 Å². The Bertz CT molecular complexity index is 592. The minimum absolute atomic E-state index is 0.0358. The standard InChI is InChI=1S/C18H25N3O3S/c19-16-11-21(10-15(16)14-4-2-1-3-5-14)18(23)13-25-12-17(22)20-6-8-24-9-7-20/h1-5,15-16H,6-13,19H2/t15-,16+/m0/s1. The molecule has 0 aliphatic carbocycles. The maximum Gasteiger partial charge on any atom is 0.232 e. The lowest BCUT2D eigenvalue weighted by atomic mass is 9.95. The SMILES string of the molecule is N[C@@H]1CN(C(=O)CSCC(=O)N2CCOCC2)C[C@H]1c1ccccc1. The Morgan fingerprint density at radius 3 is 2.36 bits per heavy atom. The van der Waals surface area contributed by atoms with E-state index in [4.69, 9.17) is 10.5 Å². The normalized spacial score (nSPS) is 23.7. The third-order valence-electron chi connectivity index (χ3n) is 4.76. The summed E-state index contributed by atoms with van der Waals surface area (Å²) in [7, 11) is 0. The van der Waals surface area contributed by atoms with Gasteiger partial charge in [-0.15, -0.1) is 11.8 Å². The summed E-state index contributed by atoms with van der Waals surface area (Å²) >= 11 is 1.38. The third-order valence-corrected chi connectivity index (χ3v) is 5.66. The molecular formula is C18H25N3O3S. The molecule has 2 atom stereocenters. The average molecular weight is 363 g/mol. The van der Waals surface area contributed by atoms with Crippen LogP contribution < -0.4 is 5.73 Å². The van der Waals surface area contributed by atoms with Crippen molar-refractivity contribution in [2.45, 2.75) is 12.0 Å². The average Bonchev–Trinajstić information content (AvgIpc) is 3.05. The van der Waals surface area contributed by atoms with Crippen molar-refractivity contribution in [3.8, 4) is 0 Å². The van der Waals surface area contributed by atoms with Gasteiger partial charge in [-0.3, -0.25) is 9.59 Å². The van der Waals surface area contributed by atoms with Gasteiger partial charge in [-0.25, -0.2) is 0 Å². The van der Waals surface area contributed by atoms with Crippen molar-refractivity contribution in [2.24, 2.45) is 5.73 Å². The molecule has 2 amide bonds. The smallest absolute Gasteiger partial charge is 0.232 e. The summed E-state index contributed by atoms with van der Waals surface area (Å²) in [5.74, 6) is 0.998. The van der Waals surface area contributed by atoms with Crippen LogP contribution in [0.25, 0.3) is 0 Å². The summed E-state index contributed by atoms with van der Waals surface area (Å²) in [5, 5.41) is 0. The zero-order chi connectivity index (χ0) is 17.6. The minimum atomic E-state index is -0.0358. The molecule has 6 nitrogen and oxygen atoms in total. The van der Waals surface area contributed by atoms with Gasteiger partial charge < -0.3 is 20.3 Å². The van der Waals surface area contributed by atoms with E-state index in [0.717, 1.165) is 0 Å². The predicted octanol–water partition coefficient (Wildman–Crippen LogP) is 0.532.